The average Bonchev–Trinajstić information content (AvgIpc) is 2.51. The Labute approximate surface area is 130 Å². The largest absolute Gasteiger partial charge is 0.375 e. The molecule has 4 heteroatoms. The molecule has 0 amide bonds. The van der Waals surface area contributed by atoms with Crippen LogP contribution in [0.25, 0.3) is 0 Å². The molecule has 1 atom stereocenters. The van der Waals surface area contributed by atoms with E-state index in [1.165, 1.54) is 5.56 Å². The maximum atomic E-state index is 6.23. The Morgan fingerprint density at radius 2 is 2.14 bits per heavy atom. The predicted molar refractivity (Wildman–Crippen MR) is 84.4 cm³/mol. The summed E-state index contributed by atoms with van der Waals surface area (Å²) in [7, 11) is 0. The smallest absolute Gasteiger partial charge is 0.0743 e. The lowest BCUT2D eigenvalue weighted by molar-refractivity contribution is -0.0305. The van der Waals surface area contributed by atoms with Gasteiger partial charge in [0, 0.05) is 43.5 Å². The summed E-state index contributed by atoms with van der Waals surface area (Å²) in [5.41, 5.74) is 2.41. The topological polar surface area (TPSA) is 25.4 Å². The number of aromatic nitrogens is 1. The second-order valence-electron chi connectivity index (χ2n) is 5.38. The molecule has 21 heavy (non-hydrogen) atoms. The molecule has 2 heterocycles. The SMILES string of the molecule is Clc1ccccc1C[C@H]1CN(Cc2cccnc2)CCO1. The third kappa shape index (κ3) is 4.03. The monoisotopic (exact) mass is 302 g/mol. The molecule has 3 nitrogen and oxygen atoms in total. The molecule has 0 bridgehead atoms. The van der Waals surface area contributed by atoms with Crippen molar-refractivity contribution in [3.05, 3.63) is 64.9 Å². The number of halogens is 1. The quantitative estimate of drug-likeness (QED) is 0.867. The fraction of sp³-hybridized carbons (Fsp3) is 0.353. The van der Waals surface area contributed by atoms with E-state index in [-0.39, 0.29) is 6.10 Å². The number of hydrogen-bond donors (Lipinski definition) is 0. The molecule has 1 aliphatic rings. The Kier molecular flexibility index (Phi) is 4.86. The highest BCUT2D eigenvalue weighted by Crippen LogP contribution is 2.20. The fourth-order valence-electron chi connectivity index (χ4n) is 2.71. The number of nitrogens with zero attached hydrogens (tertiary/aromatic N) is 2. The molecule has 1 fully saturated rings. The standard InChI is InChI=1S/C17H19ClN2O/c18-17-6-2-1-5-15(17)10-16-13-20(8-9-21-16)12-14-4-3-7-19-11-14/h1-7,11,16H,8-10,12-13H2/t16-/m0/s1. The van der Waals surface area contributed by atoms with Gasteiger partial charge in [-0.1, -0.05) is 35.9 Å². The van der Waals surface area contributed by atoms with Crippen LogP contribution in [0.4, 0.5) is 0 Å². The van der Waals surface area contributed by atoms with Crippen molar-refractivity contribution >= 4 is 11.6 Å². The van der Waals surface area contributed by atoms with Gasteiger partial charge in [0.05, 0.1) is 12.7 Å². The van der Waals surface area contributed by atoms with Crippen LogP contribution in [0.5, 0.6) is 0 Å². The maximum Gasteiger partial charge on any atom is 0.0743 e. The summed E-state index contributed by atoms with van der Waals surface area (Å²) in [4.78, 5) is 6.59. The molecule has 2 aromatic rings. The van der Waals surface area contributed by atoms with Crippen LogP contribution in [0.1, 0.15) is 11.1 Å². The summed E-state index contributed by atoms with van der Waals surface area (Å²) < 4.78 is 5.89. The molecule has 0 unspecified atom stereocenters. The van der Waals surface area contributed by atoms with E-state index in [0.717, 1.165) is 43.2 Å². The van der Waals surface area contributed by atoms with Crippen molar-refractivity contribution in [2.75, 3.05) is 19.7 Å². The van der Waals surface area contributed by atoms with Crippen molar-refractivity contribution < 1.29 is 4.74 Å². The van der Waals surface area contributed by atoms with Gasteiger partial charge in [-0.15, -0.1) is 0 Å². The van der Waals surface area contributed by atoms with E-state index in [0.29, 0.717) is 0 Å². The van der Waals surface area contributed by atoms with E-state index in [1.54, 1.807) is 0 Å². The van der Waals surface area contributed by atoms with E-state index in [2.05, 4.69) is 22.0 Å². The van der Waals surface area contributed by atoms with Gasteiger partial charge in [-0.3, -0.25) is 9.88 Å². The lowest BCUT2D eigenvalue weighted by Crippen LogP contribution is -2.42. The highest BCUT2D eigenvalue weighted by atomic mass is 35.5. The van der Waals surface area contributed by atoms with Gasteiger partial charge < -0.3 is 4.74 Å². The molecular formula is C17H19ClN2O. The van der Waals surface area contributed by atoms with Gasteiger partial charge in [-0.25, -0.2) is 0 Å². The highest BCUT2D eigenvalue weighted by molar-refractivity contribution is 6.31. The average molecular weight is 303 g/mol. The second kappa shape index (κ2) is 7.03. The minimum atomic E-state index is 0.204. The third-order valence-corrected chi connectivity index (χ3v) is 4.13. The number of benzene rings is 1. The van der Waals surface area contributed by atoms with Crippen LogP contribution >= 0.6 is 11.6 Å². The van der Waals surface area contributed by atoms with Crippen LogP contribution in [0.2, 0.25) is 5.02 Å². The molecule has 0 N–H and O–H groups in total. The molecular weight excluding hydrogens is 284 g/mol. The normalized spacial score (nSPS) is 19.6. The highest BCUT2D eigenvalue weighted by Gasteiger charge is 2.21. The lowest BCUT2D eigenvalue weighted by atomic mass is 10.1. The first-order valence-corrected chi connectivity index (χ1v) is 7.65. The van der Waals surface area contributed by atoms with Gasteiger partial charge in [0.25, 0.3) is 0 Å². The van der Waals surface area contributed by atoms with Gasteiger partial charge >= 0.3 is 0 Å². The van der Waals surface area contributed by atoms with Gasteiger partial charge in [0.15, 0.2) is 0 Å². The minimum Gasteiger partial charge on any atom is -0.375 e. The molecule has 1 aromatic carbocycles. The third-order valence-electron chi connectivity index (χ3n) is 3.76. The van der Waals surface area contributed by atoms with E-state index in [9.17, 15) is 0 Å². The van der Waals surface area contributed by atoms with E-state index >= 15 is 0 Å². The number of pyridine rings is 1. The molecule has 1 aliphatic heterocycles. The number of morpholine rings is 1. The Morgan fingerprint density at radius 1 is 1.24 bits per heavy atom. The zero-order valence-corrected chi connectivity index (χ0v) is 12.7. The van der Waals surface area contributed by atoms with Crippen LogP contribution in [0.15, 0.2) is 48.8 Å². The second-order valence-corrected chi connectivity index (χ2v) is 5.79. The maximum absolute atomic E-state index is 6.23. The molecule has 0 aliphatic carbocycles. The molecule has 0 saturated carbocycles. The first-order chi connectivity index (χ1) is 10.3. The Balaban J connectivity index is 1.60. The number of hydrogen-bond acceptors (Lipinski definition) is 3. The first-order valence-electron chi connectivity index (χ1n) is 7.27. The summed E-state index contributed by atoms with van der Waals surface area (Å²) in [6.07, 6.45) is 4.81. The molecule has 1 aromatic heterocycles. The Bertz CT molecular complexity index is 576. The van der Waals surface area contributed by atoms with Gasteiger partial charge in [-0.05, 0) is 23.3 Å². The Morgan fingerprint density at radius 3 is 2.95 bits per heavy atom. The summed E-state index contributed by atoms with van der Waals surface area (Å²) in [5.74, 6) is 0. The first kappa shape index (κ1) is 14.5. The lowest BCUT2D eigenvalue weighted by Gasteiger charge is -2.33. The number of ether oxygens (including phenoxy) is 1. The number of rotatable bonds is 4. The molecule has 3 rings (SSSR count). The summed E-state index contributed by atoms with van der Waals surface area (Å²) in [5, 5.41) is 0.825. The van der Waals surface area contributed by atoms with Crippen molar-refractivity contribution in [3.63, 3.8) is 0 Å². The van der Waals surface area contributed by atoms with Crippen molar-refractivity contribution in [3.8, 4) is 0 Å². The summed E-state index contributed by atoms with van der Waals surface area (Å²) >= 11 is 6.23. The van der Waals surface area contributed by atoms with Crippen molar-refractivity contribution in [1.29, 1.82) is 0 Å². The summed E-state index contributed by atoms with van der Waals surface area (Å²) in [6, 6.07) is 12.1. The molecule has 110 valence electrons. The van der Waals surface area contributed by atoms with E-state index in [4.69, 9.17) is 16.3 Å². The zero-order valence-electron chi connectivity index (χ0n) is 11.9. The predicted octanol–water partition coefficient (Wildman–Crippen LogP) is 3.18. The van der Waals surface area contributed by atoms with Gasteiger partial charge in [-0.2, -0.15) is 0 Å². The fourth-order valence-corrected chi connectivity index (χ4v) is 2.92. The van der Waals surface area contributed by atoms with Crippen LogP contribution in [0, 0.1) is 0 Å². The van der Waals surface area contributed by atoms with Crippen LogP contribution in [-0.2, 0) is 17.7 Å². The zero-order chi connectivity index (χ0) is 14.5. The van der Waals surface area contributed by atoms with Crippen molar-refractivity contribution in [2.24, 2.45) is 0 Å². The minimum absolute atomic E-state index is 0.204. The van der Waals surface area contributed by atoms with Crippen LogP contribution in [-0.4, -0.2) is 35.7 Å². The Hall–Kier alpha value is -1.42. The van der Waals surface area contributed by atoms with Gasteiger partial charge in [0.1, 0.15) is 0 Å². The van der Waals surface area contributed by atoms with Crippen LogP contribution in [0.3, 0.4) is 0 Å². The molecule has 0 spiro atoms. The van der Waals surface area contributed by atoms with Crippen LogP contribution < -0.4 is 0 Å². The molecule has 0 radical (unpaired) electrons. The van der Waals surface area contributed by atoms with E-state index in [1.807, 2.05) is 36.7 Å². The van der Waals surface area contributed by atoms with E-state index < -0.39 is 0 Å². The summed E-state index contributed by atoms with van der Waals surface area (Å²) in [6.45, 7) is 3.60. The molecule has 1 saturated heterocycles. The van der Waals surface area contributed by atoms with Gasteiger partial charge in [0.2, 0.25) is 0 Å². The van der Waals surface area contributed by atoms with Crippen molar-refractivity contribution in [2.45, 2.75) is 19.1 Å². The van der Waals surface area contributed by atoms with Crippen molar-refractivity contribution in [1.82, 2.24) is 9.88 Å².